The topological polar surface area (TPSA) is 108 Å². The third-order valence-electron chi connectivity index (χ3n) is 3.81. The predicted molar refractivity (Wildman–Crippen MR) is 91.5 cm³/mol. The van der Waals surface area contributed by atoms with Crippen LogP contribution in [-0.4, -0.2) is 46.6 Å². The van der Waals surface area contributed by atoms with Crippen molar-refractivity contribution in [2.75, 3.05) is 6.61 Å². The van der Waals surface area contributed by atoms with Gasteiger partial charge in [-0.05, 0) is 23.6 Å². The molecule has 136 valence electrons. The van der Waals surface area contributed by atoms with Crippen LogP contribution in [0.25, 0.3) is 0 Å². The molecule has 0 aromatic heterocycles. The number of carbonyl (C=O) groups excluding carboxylic acids is 3. The van der Waals surface area contributed by atoms with Crippen LogP contribution in [0.4, 0.5) is 4.79 Å². The minimum Gasteiger partial charge on any atom is -0.374 e. The van der Waals surface area contributed by atoms with E-state index in [1.54, 1.807) is 13.8 Å². The van der Waals surface area contributed by atoms with Crippen molar-refractivity contribution in [2.45, 2.75) is 32.5 Å². The summed E-state index contributed by atoms with van der Waals surface area (Å²) in [7, 11) is 0. The van der Waals surface area contributed by atoms with E-state index in [1.165, 1.54) is 5.48 Å². The Hall–Kier alpha value is -1.97. The van der Waals surface area contributed by atoms with E-state index < -0.39 is 29.9 Å². The lowest BCUT2D eigenvalue weighted by molar-refractivity contribution is -0.142. The van der Waals surface area contributed by atoms with Gasteiger partial charge >= 0.3 is 6.03 Å². The Morgan fingerprint density at radius 2 is 2.00 bits per heavy atom. The molecule has 0 aliphatic carbocycles. The number of hydrogen-bond donors (Lipinski definition) is 3. The highest BCUT2D eigenvalue weighted by Crippen LogP contribution is 2.18. The summed E-state index contributed by atoms with van der Waals surface area (Å²) in [4.78, 5) is 37.2. The van der Waals surface area contributed by atoms with Gasteiger partial charge in [-0.25, -0.2) is 15.2 Å². The highest BCUT2D eigenvalue weighted by Gasteiger charge is 2.45. The molecule has 9 heteroatoms. The number of nitrogens with zero attached hydrogens (tertiary/aromatic N) is 1. The molecule has 1 saturated heterocycles. The van der Waals surface area contributed by atoms with E-state index in [9.17, 15) is 14.4 Å². The van der Waals surface area contributed by atoms with Crippen LogP contribution in [0.1, 0.15) is 19.4 Å². The lowest BCUT2D eigenvalue weighted by Crippen LogP contribution is -2.52. The van der Waals surface area contributed by atoms with E-state index in [1.807, 2.05) is 24.3 Å². The molecular formula is C16H20BrN3O5. The molecule has 3 N–H and O–H groups in total. The minimum atomic E-state index is -1.09. The number of rotatable bonds is 7. The maximum absolute atomic E-state index is 12.5. The zero-order valence-electron chi connectivity index (χ0n) is 13.9. The molecule has 0 spiro atoms. The zero-order chi connectivity index (χ0) is 18.6. The summed E-state index contributed by atoms with van der Waals surface area (Å²) in [6.07, 6.45) is 0. The summed E-state index contributed by atoms with van der Waals surface area (Å²) in [5.74, 6) is -1.72. The molecule has 0 radical (unpaired) electrons. The summed E-state index contributed by atoms with van der Waals surface area (Å²) in [5, 5.41) is 11.3. The molecule has 0 saturated carbocycles. The van der Waals surface area contributed by atoms with Gasteiger partial charge in [-0.2, -0.15) is 0 Å². The van der Waals surface area contributed by atoms with Crippen molar-refractivity contribution in [3.05, 3.63) is 34.3 Å². The largest absolute Gasteiger partial charge is 0.374 e. The molecule has 1 aliphatic heterocycles. The normalized spacial score (nSPS) is 18.4. The first kappa shape index (κ1) is 19.4. The summed E-state index contributed by atoms with van der Waals surface area (Å²) in [6.45, 7) is 3.63. The first-order valence-corrected chi connectivity index (χ1v) is 8.54. The first-order chi connectivity index (χ1) is 11.8. The quantitative estimate of drug-likeness (QED) is 0.355. The summed E-state index contributed by atoms with van der Waals surface area (Å²) in [6, 6.07) is 4.89. The number of hydroxylamine groups is 1. The van der Waals surface area contributed by atoms with Gasteiger partial charge in [0.2, 0.25) is 0 Å². The van der Waals surface area contributed by atoms with E-state index in [2.05, 4.69) is 21.2 Å². The van der Waals surface area contributed by atoms with Gasteiger partial charge in [0.05, 0.1) is 13.2 Å². The fourth-order valence-corrected chi connectivity index (χ4v) is 2.85. The highest BCUT2D eigenvalue weighted by atomic mass is 79.9. The number of urea groups is 1. The fourth-order valence-electron chi connectivity index (χ4n) is 2.58. The molecule has 0 bridgehead atoms. The van der Waals surface area contributed by atoms with Crippen molar-refractivity contribution >= 4 is 33.8 Å². The number of nitrogens with one attached hydrogen (secondary N) is 2. The Morgan fingerprint density at radius 1 is 1.36 bits per heavy atom. The third kappa shape index (κ3) is 4.56. The second kappa shape index (κ2) is 8.41. The molecular weight excluding hydrogens is 394 g/mol. The number of halogens is 1. The van der Waals surface area contributed by atoms with Gasteiger partial charge in [0, 0.05) is 4.47 Å². The smallest absolute Gasteiger partial charge is 0.325 e. The number of hydrogen-bond acceptors (Lipinski definition) is 5. The van der Waals surface area contributed by atoms with Crippen molar-refractivity contribution in [1.82, 2.24) is 15.7 Å². The van der Waals surface area contributed by atoms with Crippen molar-refractivity contribution < 1.29 is 24.3 Å². The standard InChI is InChI=1S/C16H20BrN3O5/c1-9(2)13(14(21)19-24)20-15(22)12(18-16(20)23)8-25-7-10-3-5-11(17)6-4-10/h3-6,9,12-13,24H,7-8H2,1-2H3,(H,18,23)(H,19,21)/t12-,13+/m0/s1. The van der Waals surface area contributed by atoms with E-state index in [0.717, 1.165) is 14.9 Å². The number of imide groups is 1. The average molecular weight is 414 g/mol. The highest BCUT2D eigenvalue weighted by molar-refractivity contribution is 9.10. The second-order valence-corrected chi connectivity index (χ2v) is 6.93. The van der Waals surface area contributed by atoms with Gasteiger partial charge in [0.25, 0.3) is 11.8 Å². The van der Waals surface area contributed by atoms with E-state index >= 15 is 0 Å². The van der Waals surface area contributed by atoms with Crippen LogP contribution in [0.5, 0.6) is 0 Å². The van der Waals surface area contributed by atoms with Gasteiger partial charge in [-0.3, -0.25) is 14.8 Å². The number of ether oxygens (including phenoxy) is 1. The molecule has 1 aliphatic rings. The van der Waals surface area contributed by atoms with Crippen molar-refractivity contribution in [3.8, 4) is 0 Å². The molecule has 0 unspecified atom stereocenters. The van der Waals surface area contributed by atoms with E-state index in [0.29, 0.717) is 0 Å². The molecule has 4 amide bonds. The lowest BCUT2D eigenvalue weighted by Gasteiger charge is -2.26. The maximum atomic E-state index is 12.5. The summed E-state index contributed by atoms with van der Waals surface area (Å²) < 4.78 is 6.46. The zero-order valence-corrected chi connectivity index (χ0v) is 15.4. The van der Waals surface area contributed by atoms with Crippen LogP contribution in [0.3, 0.4) is 0 Å². The van der Waals surface area contributed by atoms with Crippen LogP contribution in [0.15, 0.2) is 28.7 Å². The SMILES string of the molecule is CC(C)[C@H](C(=O)NO)N1C(=O)N[C@@H](COCc2ccc(Br)cc2)C1=O. The Kier molecular flexibility index (Phi) is 6.51. The maximum Gasteiger partial charge on any atom is 0.325 e. The third-order valence-corrected chi connectivity index (χ3v) is 4.34. The molecule has 2 atom stereocenters. The molecule has 1 fully saturated rings. The Bertz CT molecular complexity index is 650. The van der Waals surface area contributed by atoms with Gasteiger partial charge < -0.3 is 10.1 Å². The molecule has 8 nitrogen and oxygen atoms in total. The number of benzene rings is 1. The Morgan fingerprint density at radius 3 is 2.56 bits per heavy atom. The molecule has 1 aromatic carbocycles. The van der Waals surface area contributed by atoms with Crippen molar-refractivity contribution in [3.63, 3.8) is 0 Å². The second-order valence-electron chi connectivity index (χ2n) is 6.02. The van der Waals surface area contributed by atoms with E-state index in [-0.39, 0.29) is 19.1 Å². The molecule has 1 heterocycles. The Labute approximate surface area is 153 Å². The van der Waals surface area contributed by atoms with Crippen LogP contribution in [0, 0.1) is 5.92 Å². The first-order valence-electron chi connectivity index (χ1n) is 7.74. The van der Waals surface area contributed by atoms with Crippen molar-refractivity contribution in [2.24, 2.45) is 5.92 Å². The molecule has 2 rings (SSSR count). The monoisotopic (exact) mass is 413 g/mol. The van der Waals surface area contributed by atoms with Crippen LogP contribution in [-0.2, 0) is 20.9 Å². The minimum absolute atomic E-state index is 0.0112. The summed E-state index contributed by atoms with van der Waals surface area (Å²) in [5.41, 5.74) is 2.43. The predicted octanol–water partition coefficient (Wildman–Crippen LogP) is 1.42. The van der Waals surface area contributed by atoms with Crippen LogP contribution < -0.4 is 10.8 Å². The fraction of sp³-hybridized carbons (Fsp3) is 0.438. The Balaban J connectivity index is 1.97. The molecule has 1 aromatic rings. The van der Waals surface area contributed by atoms with E-state index in [4.69, 9.17) is 9.94 Å². The van der Waals surface area contributed by atoms with Crippen molar-refractivity contribution in [1.29, 1.82) is 0 Å². The lowest BCUT2D eigenvalue weighted by atomic mass is 10.0. The van der Waals surface area contributed by atoms with Gasteiger partial charge in [0.1, 0.15) is 12.1 Å². The summed E-state index contributed by atoms with van der Waals surface area (Å²) >= 11 is 3.34. The molecule has 25 heavy (non-hydrogen) atoms. The van der Waals surface area contributed by atoms with Crippen LogP contribution in [0.2, 0.25) is 0 Å². The van der Waals surface area contributed by atoms with Crippen LogP contribution >= 0.6 is 15.9 Å². The number of amides is 4. The number of carbonyl (C=O) groups is 3. The van der Waals surface area contributed by atoms with Gasteiger partial charge in [0.15, 0.2) is 0 Å². The van der Waals surface area contributed by atoms with Gasteiger partial charge in [-0.1, -0.05) is 41.9 Å². The average Bonchev–Trinajstić information content (AvgIpc) is 2.84. The van der Waals surface area contributed by atoms with Gasteiger partial charge in [-0.15, -0.1) is 0 Å².